The molecule has 0 aliphatic heterocycles. The number of benzene rings is 2. The van der Waals surface area contributed by atoms with Gasteiger partial charge in [0.2, 0.25) is 0 Å². The molecule has 0 N–H and O–H groups in total. The van der Waals surface area contributed by atoms with Crippen molar-refractivity contribution >= 4 is 44.2 Å². The van der Waals surface area contributed by atoms with E-state index in [4.69, 9.17) is 16.3 Å². The number of nitrogens with zero attached hydrogens (tertiary/aromatic N) is 4. The van der Waals surface area contributed by atoms with Crippen molar-refractivity contribution in [1.82, 2.24) is 14.8 Å². The molecule has 0 bridgehead atoms. The van der Waals surface area contributed by atoms with E-state index in [2.05, 4.69) is 17.0 Å². The van der Waals surface area contributed by atoms with Crippen molar-refractivity contribution < 1.29 is 9.53 Å². The third-order valence-electron chi connectivity index (χ3n) is 5.06. The van der Waals surface area contributed by atoms with Crippen molar-refractivity contribution in [2.75, 3.05) is 18.1 Å². The summed E-state index contributed by atoms with van der Waals surface area (Å²) in [5.41, 5.74) is 1.29. The number of anilines is 1. The van der Waals surface area contributed by atoms with Crippen LogP contribution >= 0.6 is 22.9 Å². The SMILES string of the molecule is CCCCCOc1ccc(C(=O)N(CCn2cccn2)c2nc3c(Cl)cccc3s2)cc1. The highest BCUT2D eigenvalue weighted by atomic mass is 35.5. The van der Waals surface area contributed by atoms with Gasteiger partial charge in [-0.3, -0.25) is 14.4 Å². The summed E-state index contributed by atoms with van der Waals surface area (Å²) in [5.74, 6) is 0.650. The molecular weight excluding hydrogens is 444 g/mol. The summed E-state index contributed by atoms with van der Waals surface area (Å²) < 4.78 is 8.52. The molecule has 0 unspecified atom stereocenters. The van der Waals surface area contributed by atoms with Gasteiger partial charge in [0, 0.05) is 24.5 Å². The number of para-hydroxylation sites is 1. The van der Waals surface area contributed by atoms with Gasteiger partial charge >= 0.3 is 0 Å². The lowest BCUT2D eigenvalue weighted by Gasteiger charge is -2.20. The molecule has 166 valence electrons. The lowest BCUT2D eigenvalue weighted by molar-refractivity contribution is 0.0985. The van der Waals surface area contributed by atoms with Crippen LogP contribution in [0.4, 0.5) is 5.13 Å². The molecule has 6 nitrogen and oxygen atoms in total. The standard InChI is InChI=1S/C24H25ClN4O2S/c1-2-3-4-17-31-19-11-9-18(10-12-19)23(30)29(16-15-28-14-6-13-26-28)24-27-22-20(25)7-5-8-21(22)32-24/h5-14H,2-4,15-17H2,1H3. The van der Waals surface area contributed by atoms with E-state index in [1.54, 1.807) is 27.9 Å². The number of carbonyl (C=O) groups excluding carboxylic acids is 1. The Bertz CT molecular complexity index is 1160. The molecule has 4 aromatic rings. The first-order valence-electron chi connectivity index (χ1n) is 10.7. The van der Waals surface area contributed by atoms with Crippen LogP contribution in [0.5, 0.6) is 5.75 Å². The molecule has 0 saturated heterocycles. The molecule has 2 aromatic heterocycles. The Kier molecular flexibility index (Phi) is 7.39. The smallest absolute Gasteiger partial charge is 0.260 e. The monoisotopic (exact) mass is 468 g/mol. The fourth-order valence-corrected chi connectivity index (χ4v) is 4.62. The van der Waals surface area contributed by atoms with Gasteiger partial charge in [0.1, 0.15) is 11.3 Å². The van der Waals surface area contributed by atoms with Crippen molar-refractivity contribution in [1.29, 1.82) is 0 Å². The fourth-order valence-electron chi connectivity index (χ4n) is 3.33. The molecule has 2 heterocycles. The second kappa shape index (κ2) is 10.6. The van der Waals surface area contributed by atoms with Crippen LogP contribution in [0.2, 0.25) is 5.02 Å². The lowest BCUT2D eigenvalue weighted by Crippen LogP contribution is -2.34. The number of hydrogen-bond acceptors (Lipinski definition) is 5. The van der Waals surface area contributed by atoms with Gasteiger partial charge in [-0.1, -0.05) is 48.8 Å². The minimum Gasteiger partial charge on any atom is -0.494 e. The first-order chi connectivity index (χ1) is 15.7. The molecule has 32 heavy (non-hydrogen) atoms. The Morgan fingerprint density at radius 3 is 2.72 bits per heavy atom. The minimum atomic E-state index is -0.120. The molecular formula is C24H25ClN4O2S. The van der Waals surface area contributed by atoms with Crippen molar-refractivity contribution in [3.63, 3.8) is 0 Å². The zero-order chi connectivity index (χ0) is 22.3. The Labute approximate surface area is 196 Å². The highest BCUT2D eigenvalue weighted by Gasteiger charge is 2.22. The average molecular weight is 469 g/mol. The highest BCUT2D eigenvalue weighted by Crippen LogP contribution is 2.33. The molecule has 4 rings (SSSR count). The molecule has 0 saturated carbocycles. The summed E-state index contributed by atoms with van der Waals surface area (Å²) in [6.45, 7) is 3.84. The average Bonchev–Trinajstić information content (AvgIpc) is 3.48. The van der Waals surface area contributed by atoms with Crippen LogP contribution in [-0.4, -0.2) is 33.8 Å². The van der Waals surface area contributed by atoms with Crippen LogP contribution in [0.1, 0.15) is 36.5 Å². The van der Waals surface area contributed by atoms with Gasteiger partial charge in [0.05, 0.1) is 22.9 Å². The number of thiazole rings is 1. The van der Waals surface area contributed by atoms with Gasteiger partial charge in [-0.15, -0.1) is 0 Å². The molecule has 0 radical (unpaired) electrons. The summed E-state index contributed by atoms with van der Waals surface area (Å²) in [4.78, 5) is 19.8. The molecule has 0 fully saturated rings. The number of halogens is 1. The number of hydrogen-bond donors (Lipinski definition) is 0. The third-order valence-corrected chi connectivity index (χ3v) is 6.41. The van der Waals surface area contributed by atoms with Crippen molar-refractivity contribution in [3.05, 3.63) is 71.5 Å². The number of ether oxygens (including phenoxy) is 1. The van der Waals surface area contributed by atoms with Crippen molar-refractivity contribution in [2.24, 2.45) is 0 Å². The van der Waals surface area contributed by atoms with E-state index in [1.807, 2.05) is 42.6 Å². The Hall–Kier alpha value is -2.90. The number of carbonyl (C=O) groups is 1. The summed E-state index contributed by atoms with van der Waals surface area (Å²) >= 11 is 7.78. The van der Waals surface area contributed by atoms with Gasteiger partial charge in [0.25, 0.3) is 5.91 Å². The van der Waals surface area contributed by atoms with E-state index < -0.39 is 0 Å². The normalized spacial score (nSPS) is 11.1. The largest absolute Gasteiger partial charge is 0.494 e. The van der Waals surface area contributed by atoms with E-state index in [1.165, 1.54) is 11.3 Å². The molecule has 1 amide bonds. The van der Waals surface area contributed by atoms with E-state index in [0.29, 0.717) is 40.9 Å². The quantitative estimate of drug-likeness (QED) is 0.265. The number of fused-ring (bicyclic) bond motifs is 1. The summed E-state index contributed by atoms with van der Waals surface area (Å²) in [6, 6.07) is 14.8. The van der Waals surface area contributed by atoms with Gasteiger partial charge in [-0.25, -0.2) is 4.98 Å². The number of rotatable bonds is 10. The van der Waals surface area contributed by atoms with E-state index in [9.17, 15) is 4.79 Å². The Morgan fingerprint density at radius 2 is 2.00 bits per heavy atom. The number of unbranched alkanes of at least 4 members (excludes halogenated alkanes) is 2. The summed E-state index contributed by atoms with van der Waals surface area (Å²) in [7, 11) is 0. The van der Waals surface area contributed by atoms with E-state index in [0.717, 1.165) is 29.7 Å². The Balaban J connectivity index is 1.55. The molecule has 8 heteroatoms. The van der Waals surface area contributed by atoms with Crippen LogP contribution in [0.25, 0.3) is 10.2 Å². The third kappa shape index (κ3) is 5.29. The maximum atomic E-state index is 13.5. The predicted molar refractivity (Wildman–Crippen MR) is 130 cm³/mol. The van der Waals surface area contributed by atoms with E-state index >= 15 is 0 Å². The van der Waals surface area contributed by atoms with Crippen molar-refractivity contribution in [3.8, 4) is 5.75 Å². The highest BCUT2D eigenvalue weighted by molar-refractivity contribution is 7.22. The van der Waals surface area contributed by atoms with Gasteiger partial charge in [0.15, 0.2) is 5.13 Å². The number of aromatic nitrogens is 3. The molecule has 0 spiro atoms. The van der Waals surface area contributed by atoms with Gasteiger partial charge < -0.3 is 4.74 Å². The topological polar surface area (TPSA) is 60.2 Å². The predicted octanol–water partition coefficient (Wildman–Crippen LogP) is 6.06. The molecule has 0 aliphatic carbocycles. The first kappa shape index (κ1) is 22.3. The Morgan fingerprint density at radius 1 is 1.16 bits per heavy atom. The fraction of sp³-hybridized carbons (Fsp3) is 0.292. The van der Waals surface area contributed by atoms with Crippen molar-refractivity contribution in [2.45, 2.75) is 32.7 Å². The van der Waals surface area contributed by atoms with Crippen LogP contribution in [0, 0.1) is 0 Å². The van der Waals surface area contributed by atoms with Crippen LogP contribution < -0.4 is 9.64 Å². The molecule has 2 aromatic carbocycles. The minimum absolute atomic E-state index is 0.120. The summed E-state index contributed by atoms with van der Waals surface area (Å²) in [5, 5.41) is 5.44. The lowest BCUT2D eigenvalue weighted by atomic mass is 10.2. The zero-order valence-electron chi connectivity index (χ0n) is 17.9. The second-order valence-corrected chi connectivity index (χ2v) is 8.81. The first-order valence-corrected chi connectivity index (χ1v) is 11.9. The van der Waals surface area contributed by atoms with Crippen LogP contribution in [0.15, 0.2) is 60.9 Å². The molecule has 0 aliphatic rings. The molecule has 0 atom stereocenters. The number of amides is 1. The maximum Gasteiger partial charge on any atom is 0.260 e. The van der Waals surface area contributed by atoms with Crippen LogP contribution in [-0.2, 0) is 6.54 Å². The zero-order valence-corrected chi connectivity index (χ0v) is 19.5. The second-order valence-electron chi connectivity index (χ2n) is 7.39. The van der Waals surface area contributed by atoms with Crippen LogP contribution in [0.3, 0.4) is 0 Å². The van der Waals surface area contributed by atoms with Gasteiger partial charge in [-0.05, 0) is 48.9 Å². The maximum absolute atomic E-state index is 13.5. The van der Waals surface area contributed by atoms with E-state index in [-0.39, 0.29) is 5.91 Å². The van der Waals surface area contributed by atoms with Gasteiger partial charge in [-0.2, -0.15) is 5.10 Å². The summed E-state index contributed by atoms with van der Waals surface area (Å²) in [6.07, 6.45) is 6.93.